The van der Waals surface area contributed by atoms with E-state index in [4.69, 9.17) is 27.9 Å². The third-order valence-corrected chi connectivity index (χ3v) is 3.93. The maximum atomic E-state index is 11.9. The molecule has 2 rings (SSSR count). The van der Waals surface area contributed by atoms with Crippen LogP contribution in [0.1, 0.15) is 12.0 Å². The lowest BCUT2D eigenvalue weighted by atomic mass is 10.2. The van der Waals surface area contributed by atoms with Crippen LogP contribution in [0.2, 0.25) is 10.0 Å². The molecule has 0 radical (unpaired) electrons. The van der Waals surface area contributed by atoms with Crippen LogP contribution in [-0.2, 0) is 16.1 Å². The van der Waals surface area contributed by atoms with E-state index in [0.29, 0.717) is 55.9 Å². The second kappa shape index (κ2) is 7.84. The van der Waals surface area contributed by atoms with E-state index in [0.717, 1.165) is 5.56 Å². The van der Waals surface area contributed by atoms with E-state index in [1.807, 2.05) is 17.0 Å². The Kier molecular flexibility index (Phi) is 6.10. The predicted octanol–water partition coefficient (Wildman–Crippen LogP) is 2.33. The van der Waals surface area contributed by atoms with Crippen molar-refractivity contribution in [1.82, 2.24) is 10.2 Å². The van der Waals surface area contributed by atoms with Crippen LogP contribution in [0.5, 0.6) is 0 Å². The lowest BCUT2D eigenvalue weighted by molar-refractivity contribution is -0.135. The molecule has 0 saturated carbocycles. The van der Waals surface area contributed by atoms with Gasteiger partial charge in [0.25, 0.3) is 0 Å². The van der Waals surface area contributed by atoms with Crippen molar-refractivity contribution >= 4 is 29.1 Å². The third kappa shape index (κ3) is 4.63. The Labute approximate surface area is 129 Å². The molecule has 0 aliphatic carbocycles. The van der Waals surface area contributed by atoms with E-state index in [9.17, 15) is 4.79 Å². The van der Waals surface area contributed by atoms with Crippen molar-refractivity contribution in [2.45, 2.75) is 13.0 Å². The van der Waals surface area contributed by atoms with E-state index < -0.39 is 0 Å². The molecule has 1 fully saturated rings. The van der Waals surface area contributed by atoms with Gasteiger partial charge in [0, 0.05) is 32.6 Å². The molecule has 1 aliphatic rings. The largest absolute Gasteiger partial charge is 0.378 e. The van der Waals surface area contributed by atoms with Crippen molar-refractivity contribution in [1.29, 1.82) is 0 Å². The Bertz CT molecular complexity index is 462. The minimum atomic E-state index is 0.176. The van der Waals surface area contributed by atoms with Gasteiger partial charge < -0.3 is 15.0 Å². The van der Waals surface area contributed by atoms with Crippen molar-refractivity contribution in [3.05, 3.63) is 33.8 Å². The van der Waals surface area contributed by atoms with Gasteiger partial charge in [0.1, 0.15) is 0 Å². The van der Waals surface area contributed by atoms with Crippen molar-refractivity contribution in [3.63, 3.8) is 0 Å². The zero-order valence-electron chi connectivity index (χ0n) is 11.2. The number of ether oxygens (including phenoxy) is 1. The van der Waals surface area contributed by atoms with E-state index in [2.05, 4.69) is 5.32 Å². The topological polar surface area (TPSA) is 41.6 Å². The van der Waals surface area contributed by atoms with Gasteiger partial charge in [-0.2, -0.15) is 0 Å². The summed E-state index contributed by atoms with van der Waals surface area (Å²) in [4.78, 5) is 13.8. The Balaban J connectivity index is 1.68. The quantitative estimate of drug-likeness (QED) is 0.848. The van der Waals surface area contributed by atoms with Crippen molar-refractivity contribution in [2.24, 2.45) is 0 Å². The smallest absolute Gasteiger partial charge is 0.224 e. The SMILES string of the molecule is O=C(CCNCc1ccc(Cl)c(Cl)c1)N1CCOCC1. The number of morpholine rings is 1. The second-order valence-electron chi connectivity index (χ2n) is 4.67. The molecule has 1 amide bonds. The van der Waals surface area contributed by atoms with Crippen LogP contribution >= 0.6 is 23.2 Å². The number of nitrogens with one attached hydrogen (secondary N) is 1. The van der Waals surface area contributed by atoms with Crippen molar-refractivity contribution < 1.29 is 9.53 Å². The third-order valence-electron chi connectivity index (χ3n) is 3.19. The highest BCUT2D eigenvalue weighted by atomic mass is 35.5. The molecule has 0 aromatic heterocycles. The van der Waals surface area contributed by atoms with Gasteiger partial charge in [0.05, 0.1) is 23.3 Å². The Morgan fingerprint density at radius 3 is 2.70 bits per heavy atom. The van der Waals surface area contributed by atoms with Crippen molar-refractivity contribution in [2.75, 3.05) is 32.8 Å². The number of benzene rings is 1. The summed E-state index contributed by atoms with van der Waals surface area (Å²) in [6.45, 7) is 4.01. The van der Waals surface area contributed by atoms with Crippen LogP contribution in [0.4, 0.5) is 0 Å². The van der Waals surface area contributed by atoms with Gasteiger partial charge in [-0.25, -0.2) is 0 Å². The molecule has 1 aromatic carbocycles. The average molecular weight is 317 g/mol. The lowest BCUT2D eigenvalue weighted by Crippen LogP contribution is -2.41. The van der Waals surface area contributed by atoms with Gasteiger partial charge in [0.2, 0.25) is 5.91 Å². The number of carbonyl (C=O) groups excluding carboxylic acids is 1. The lowest BCUT2D eigenvalue weighted by Gasteiger charge is -2.26. The normalized spacial score (nSPS) is 15.4. The molecule has 1 saturated heterocycles. The molecule has 0 atom stereocenters. The fraction of sp³-hybridized carbons (Fsp3) is 0.500. The summed E-state index contributed by atoms with van der Waals surface area (Å²) in [7, 11) is 0. The van der Waals surface area contributed by atoms with Crippen LogP contribution in [0.3, 0.4) is 0 Å². The molecule has 1 heterocycles. The maximum Gasteiger partial charge on any atom is 0.224 e. The Morgan fingerprint density at radius 1 is 1.25 bits per heavy atom. The van der Waals surface area contributed by atoms with Crippen LogP contribution in [0.25, 0.3) is 0 Å². The minimum Gasteiger partial charge on any atom is -0.378 e. The summed E-state index contributed by atoms with van der Waals surface area (Å²) in [5.74, 6) is 0.176. The summed E-state index contributed by atoms with van der Waals surface area (Å²) in [5.41, 5.74) is 1.05. The van der Waals surface area contributed by atoms with E-state index in [1.165, 1.54) is 0 Å². The maximum absolute atomic E-state index is 11.9. The number of amides is 1. The number of hydrogen-bond donors (Lipinski definition) is 1. The fourth-order valence-corrected chi connectivity index (χ4v) is 2.37. The summed E-state index contributed by atoms with van der Waals surface area (Å²) < 4.78 is 5.22. The molecule has 1 N–H and O–H groups in total. The average Bonchev–Trinajstić information content (AvgIpc) is 2.48. The minimum absolute atomic E-state index is 0.176. The molecule has 0 bridgehead atoms. The first-order valence-electron chi connectivity index (χ1n) is 6.67. The van der Waals surface area contributed by atoms with E-state index in [-0.39, 0.29) is 5.91 Å². The number of hydrogen-bond acceptors (Lipinski definition) is 3. The van der Waals surface area contributed by atoms with E-state index >= 15 is 0 Å². The van der Waals surface area contributed by atoms with Crippen LogP contribution < -0.4 is 5.32 Å². The highest BCUT2D eigenvalue weighted by Gasteiger charge is 2.15. The van der Waals surface area contributed by atoms with Crippen LogP contribution in [-0.4, -0.2) is 43.7 Å². The monoisotopic (exact) mass is 316 g/mol. The molecular weight excluding hydrogens is 299 g/mol. The van der Waals surface area contributed by atoms with Gasteiger partial charge in [0.15, 0.2) is 0 Å². The number of halogens is 2. The standard InChI is InChI=1S/C14H18Cl2N2O2/c15-12-2-1-11(9-13(12)16)10-17-4-3-14(19)18-5-7-20-8-6-18/h1-2,9,17H,3-8,10H2. The van der Waals surface area contributed by atoms with Crippen LogP contribution in [0, 0.1) is 0 Å². The van der Waals surface area contributed by atoms with Gasteiger partial charge in [-0.1, -0.05) is 29.3 Å². The van der Waals surface area contributed by atoms with Gasteiger partial charge in [-0.15, -0.1) is 0 Å². The molecular formula is C14H18Cl2N2O2. The zero-order chi connectivity index (χ0) is 14.4. The fourth-order valence-electron chi connectivity index (χ4n) is 2.05. The Morgan fingerprint density at radius 2 is 2.00 bits per heavy atom. The number of carbonyl (C=O) groups is 1. The molecule has 110 valence electrons. The van der Waals surface area contributed by atoms with Gasteiger partial charge in [-0.05, 0) is 17.7 Å². The highest BCUT2D eigenvalue weighted by Crippen LogP contribution is 2.22. The summed E-state index contributed by atoms with van der Waals surface area (Å²) in [6, 6.07) is 5.53. The molecule has 0 unspecified atom stereocenters. The summed E-state index contributed by atoms with van der Waals surface area (Å²) >= 11 is 11.8. The first kappa shape index (κ1) is 15.6. The van der Waals surface area contributed by atoms with Gasteiger partial charge in [-0.3, -0.25) is 4.79 Å². The van der Waals surface area contributed by atoms with Crippen molar-refractivity contribution in [3.8, 4) is 0 Å². The highest BCUT2D eigenvalue weighted by molar-refractivity contribution is 6.42. The van der Waals surface area contributed by atoms with Crippen LogP contribution in [0.15, 0.2) is 18.2 Å². The van der Waals surface area contributed by atoms with E-state index in [1.54, 1.807) is 6.07 Å². The summed E-state index contributed by atoms with van der Waals surface area (Å²) in [6.07, 6.45) is 0.501. The molecule has 1 aliphatic heterocycles. The second-order valence-corrected chi connectivity index (χ2v) is 5.48. The Hall–Kier alpha value is -0.810. The molecule has 20 heavy (non-hydrogen) atoms. The number of rotatable bonds is 5. The summed E-state index contributed by atoms with van der Waals surface area (Å²) in [5, 5.41) is 4.34. The molecule has 1 aromatic rings. The first-order chi connectivity index (χ1) is 9.66. The van der Waals surface area contributed by atoms with Gasteiger partial charge >= 0.3 is 0 Å². The first-order valence-corrected chi connectivity index (χ1v) is 7.42. The number of nitrogens with zero attached hydrogens (tertiary/aromatic N) is 1. The molecule has 6 heteroatoms. The molecule has 4 nitrogen and oxygen atoms in total. The zero-order valence-corrected chi connectivity index (χ0v) is 12.7. The predicted molar refractivity (Wildman–Crippen MR) is 80.2 cm³/mol. The molecule has 0 spiro atoms.